The van der Waals surface area contributed by atoms with Gasteiger partial charge >= 0.3 is 0 Å². The molecule has 2 heterocycles. The molecule has 20 heavy (non-hydrogen) atoms. The van der Waals surface area contributed by atoms with Crippen LogP contribution in [0.15, 0.2) is 24.4 Å². The topological polar surface area (TPSA) is 47.0 Å². The summed E-state index contributed by atoms with van der Waals surface area (Å²) >= 11 is 0. The Morgan fingerprint density at radius 1 is 1.15 bits per heavy atom. The maximum atomic E-state index is 5.42. The predicted molar refractivity (Wildman–Crippen MR) is 79.8 cm³/mol. The van der Waals surface area contributed by atoms with Crippen LogP contribution in [0.3, 0.4) is 0 Å². The lowest BCUT2D eigenvalue weighted by Gasteiger charge is -2.12. The van der Waals surface area contributed by atoms with Crippen LogP contribution >= 0.6 is 0 Å². The van der Waals surface area contributed by atoms with Crippen LogP contribution in [0.5, 0.6) is 5.75 Å². The van der Waals surface area contributed by atoms with Crippen molar-refractivity contribution in [2.75, 3.05) is 7.11 Å². The van der Waals surface area contributed by atoms with Crippen LogP contribution in [0, 0.1) is 20.8 Å². The molecule has 0 atom stereocenters. The van der Waals surface area contributed by atoms with Crippen LogP contribution in [0.2, 0.25) is 0 Å². The first kappa shape index (κ1) is 14.5. The van der Waals surface area contributed by atoms with Gasteiger partial charge in [-0.3, -0.25) is 9.97 Å². The number of pyridine rings is 2. The molecule has 0 spiro atoms. The third-order valence-corrected chi connectivity index (χ3v) is 3.29. The summed E-state index contributed by atoms with van der Waals surface area (Å²) < 4.78 is 5.42. The summed E-state index contributed by atoms with van der Waals surface area (Å²) in [4.78, 5) is 8.94. The van der Waals surface area contributed by atoms with Crippen LogP contribution in [0.1, 0.15) is 28.2 Å². The van der Waals surface area contributed by atoms with Gasteiger partial charge in [-0.25, -0.2) is 0 Å². The lowest BCUT2D eigenvalue weighted by molar-refractivity contribution is 0.406. The average molecular weight is 271 g/mol. The van der Waals surface area contributed by atoms with E-state index in [-0.39, 0.29) is 0 Å². The van der Waals surface area contributed by atoms with Gasteiger partial charge in [-0.2, -0.15) is 0 Å². The molecule has 0 amide bonds. The summed E-state index contributed by atoms with van der Waals surface area (Å²) in [7, 11) is 1.70. The highest BCUT2D eigenvalue weighted by Crippen LogP contribution is 2.23. The van der Waals surface area contributed by atoms with Crippen molar-refractivity contribution < 1.29 is 4.74 Å². The highest BCUT2D eigenvalue weighted by molar-refractivity contribution is 5.40. The molecule has 0 aliphatic carbocycles. The van der Waals surface area contributed by atoms with Gasteiger partial charge in [-0.15, -0.1) is 0 Å². The van der Waals surface area contributed by atoms with E-state index in [0.29, 0.717) is 6.54 Å². The summed E-state index contributed by atoms with van der Waals surface area (Å²) in [5.41, 5.74) is 5.25. The molecule has 0 aromatic carbocycles. The second kappa shape index (κ2) is 6.48. The van der Waals surface area contributed by atoms with Gasteiger partial charge in [0.25, 0.3) is 0 Å². The number of methoxy groups -OCH3 is 1. The predicted octanol–water partition coefficient (Wildman–Crippen LogP) is 2.70. The molecular weight excluding hydrogens is 250 g/mol. The zero-order valence-corrected chi connectivity index (χ0v) is 12.5. The summed E-state index contributed by atoms with van der Waals surface area (Å²) in [5.74, 6) is 0.922. The van der Waals surface area contributed by atoms with E-state index in [1.165, 1.54) is 0 Å². The molecule has 0 radical (unpaired) electrons. The van der Waals surface area contributed by atoms with E-state index < -0.39 is 0 Å². The molecule has 4 heteroatoms. The number of rotatable bonds is 5. The molecule has 0 aliphatic heterocycles. The number of nitrogens with zero attached hydrogens (tertiary/aromatic N) is 2. The third-order valence-electron chi connectivity index (χ3n) is 3.29. The lowest BCUT2D eigenvalue weighted by Crippen LogP contribution is -2.16. The van der Waals surface area contributed by atoms with Crippen molar-refractivity contribution in [3.63, 3.8) is 0 Å². The molecule has 0 saturated heterocycles. The Hall–Kier alpha value is -1.94. The van der Waals surface area contributed by atoms with Gasteiger partial charge in [0.15, 0.2) is 0 Å². The minimum Gasteiger partial charge on any atom is -0.496 e. The van der Waals surface area contributed by atoms with Crippen LogP contribution in [-0.2, 0) is 13.1 Å². The van der Waals surface area contributed by atoms with Gasteiger partial charge in [0.2, 0.25) is 0 Å². The van der Waals surface area contributed by atoms with Crippen molar-refractivity contribution in [1.82, 2.24) is 15.3 Å². The fraction of sp³-hybridized carbons (Fsp3) is 0.375. The first-order chi connectivity index (χ1) is 9.61. The summed E-state index contributed by atoms with van der Waals surface area (Å²) in [6, 6.07) is 6.05. The number of hydrogen-bond donors (Lipinski definition) is 1. The van der Waals surface area contributed by atoms with Crippen LogP contribution in [0.25, 0.3) is 0 Å². The zero-order chi connectivity index (χ0) is 14.5. The molecule has 0 bridgehead atoms. The van der Waals surface area contributed by atoms with E-state index in [4.69, 9.17) is 4.74 Å². The first-order valence-corrected chi connectivity index (χ1v) is 6.74. The second-order valence-corrected chi connectivity index (χ2v) is 4.92. The van der Waals surface area contributed by atoms with E-state index in [2.05, 4.69) is 15.3 Å². The Morgan fingerprint density at radius 3 is 2.65 bits per heavy atom. The molecule has 2 aromatic heterocycles. The van der Waals surface area contributed by atoms with Crippen molar-refractivity contribution in [3.05, 3.63) is 52.6 Å². The monoisotopic (exact) mass is 271 g/mol. The Morgan fingerprint density at radius 2 is 1.95 bits per heavy atom. The molecule has 0 fully saturated rings. The standard InChI is InChI=1S/C16H21N3O/c1-11-8-18-15(13(3)16(11)20-4)10-17-9-14-7-5-6-12(2)19-14/h5-8,17H,9-10H2,1-4H3. The Labute approximate surface area is 120 Å². The Bertz CT molecular complexity index is 596. The SMILES string of the molecule is COc1c(C)cnc(CNCc2cccc(C)n2)c1C. The summed E-state index contributed by atoms with van der Waals surface area (Å²) in [6.07, 6.45) is 1.85. The number of nitrogens with one attached hydrogen (secondary N) is 1. The summed E-state index contributed by atoms with van der Waals surface area (Å²) in [6.45, 7) is 7.49. The lowest BCUT2D eigenvalue weighted by atomic mass is 10.1. The molecule has 0 unspecified atom stereocenters. The van der Waals surface area contributed by atoms with E-state index in [1.54, 1.807) is 7.11 Å². The highest BCUT2D eigenvalue weighted by Gasteiger charge is 2.08. The molecule has 0 aliphatic rings. The van der Waals surface area contributed by atoms with Gasteiger partial charge in [0, 0.05) is 36.1 Å². The second-order valence-electron chi connectivity index (χ2n) is 4.92. The molecule has 106 valence electrons. The van der Waals surface area contributed by atoms with E-state index in [1.807, 2.05) is 45.2 Å². The Kier molecular flexibility index (Phi) is 4.69. The normalized spacial score (nSPS) is 10.6. The molecule has 0 saturated carbocycles. The van der Waals surface area contributed by atoms with E-state index in [0.717, 1.165) is 40.5 Å². The molecule has 2 aromatic rings. The molecule has 2 rings (SSSR count). The van der Waals surface area contributed by atoms with Crippen molar-refractivity contribution in [2.24, 2.45) is 0 Å². The van der Waals surface area contributed by atoms with Gasteiger partial charge in [0.05, 0.1) is 18.5 Å². The van der Waals surface area contributed by atoms with Crippen molar-refractivity contribution in [3.8, 4) is 5.75 Å². The molecular formula is C16H21N3O. The van der Waals surface area contributed by atoms with Gasteiger partial charge < -0.3 is 10.1 Å². The molecule has 4 nitrogen and oxygen atoms in total. The number of hydrogen-bond acceptors (Lipinski definition) is 4. The van der Waals surface area contributed by atoms with Crippen molar-refractivity contribution in [1.29, 1.82) is 0 Å². The minimum atomic E-state index is 0.706. The fourth-order valence-corrected chi connectivity index (χ4v) is 2.26. The van der Waals surface area contributed by atoms with Crippen LogP contribution < -0.4 is 10.1 Å². The fourth-order valence-electron chi connectivity index (χ4n) is 2.26. The van der Waals surface area contributed by atoms with Crippen molar-refractivity contribution in [2.45, 2.75) is 33.9 Å². The first-order valence-electron chi connectivity index (χ1n) is 6.74. The zero-order valence-electron chi connectivity index (χ0n) is 12.5. The van der Waals surface area contributed by atoms with E-state index in [9.17, 15) is 0 Å². The highest BCUT2D eigenvalue weighted by atomic mass is 16.5. The van der Waals surface area contributed by atoms with Gasteiger partial charge in [-0.05, 0) is 32.9 Å². The van der Waals surface area contributed by atoms with Crippen LogP contribution in [0.4, 0.5) is 0 Å². The maximum absolute atomic E-state index is 5.42. The Balaban J connectivity index is 2.01. The minimum absolute atomic E-state index is 0.706. The smallest absolute Gasteiger partial charge is 0.128 e. The number of ether oxygens (including phenoxy) is 1. The van der Waals surface area contributed by atoms with Gasteiger partial charge in [0.1, 0.15) is 5.75 Å². The number of aromatic nitrogens is 2. The van der Waals surface area contributed by atoms with Gasteiger partial charge in [-0.1, -0.05) is 6.07 Å². The third kappa shape index (κ3) is 3.33. The summed E-state index contributed by atoms with van der Waals surface area (Å²) in [5, 5.41) is 3.38. The molecule has 1 N–H and O–H groups in total. The maximum Gasteiger partial charge on any atom is 0.128 e. The largest absolute Gasteiger partial charge is 0.496 e. The van der Waals surface area contributed by atoms with Crippen molar-refractivity contribution >= 4 is 0 Å². The number of aryl methyl sites for hydroxylation is 2. The van der Waals surface area contributed by atoms with Crippen LogP contribution in [-0.4, -0.2) is 17.1 Å². The van der Waals surface area contributed by atoms with E-state index >= 15 is 0 Å². The average Bonchev–Trinajstić information content (AvgIpc) is 2.42. The quantitative estimate of drug-likeness (QED) is 0.908.